The molecule has 2 heterocycles. The van der Waals surface area contributed by atoms with Crippen molar-refractivity contribution in [1.29, 1.82) is 0 Å². The van der Waals surface area contributed by atoms with Crippen molar-refractivity contribution in [2.24, 2.45) is 0 Å². The molecule has 0 radical (unpaired) electrons. The first-order valence-electron chi connectivity index (χ1n) is 7.02. The van der Waals surface area contributed by atoms with Crippen molar-refractivity contribution in [3.05, 3.63) is 35.5 Å². The SMILES string of the molecule is O=C1NC(=O)/C(=C/c2ccc(OC3CCNCC3)cc2)N1. The smallest absolute Gasteiger partial charge is 0.326 e. The molecule has 0 bridgehead atoms. The average molecular weight is 287 g/mol. The summed E-state index contributed by atoms with van der Waals surface area (Å²) in [6, 6.07) is 6.99. The van der Waals surface area contributed by atoms with Gasteiger partial charge in [0.1, 0.15) is 17.6 Å². The predicted molar refractivity (Wildman–Crippen MR) is 77.6 cm³/mol. The number of nitrogens with one attached hydrogen (secondary N) is 3. The average Bonchev–Trinajstić information content (AvgIpc) is 2.80. The maximum absolute atomic E-state index is 11.4. The third-order valence-corrected chi connectivity index (χ3v) is 3.50. The molecule has 2 aliphatic rings. The lowest BCUT2D eigenvalue weighted by atomic mass is 10.1. The molecule has 2 fully saturated rings. The van der Waals surface area contributed by atoms with Gasteiger partial charge in [-0.1, -0.05) is 12.1 Å². The summed E-state index contributed by atoms with van der Waals surface area (Å²) in [7, 11) is 0. The van der Waals surface area contributed by atoms with Crippen LogP contribution in [-0.4, -0.2) is 31.1 Å². The van der Waals surface area contributed by atoms with Gasteiger partial charge in [-0.2, -0.15) is 0 Å². The Morgan fingerprint density at radius 2 is 1.76 bits per heavy atom. The van der Waals surface area contributed by atoms with Gasteiger partial charge in [0.25, 0.3) is 5.91 Å². The Labute approximate surface area is 122 Å². The largest absolute Gasteiger partial charge is 0.490 e. The molecule has 0 unspecified atom stereocenters. The Morgan fingerprint density at radius 3 is 2.38 bits per heavy atom. The zero-order valence-electron chi connectivity index (χ0n) is 11.5. The normalized spacial score (nSPS) is 21.2. The van der Waals surface area contributed by atoms with Gasteiger partial charge in [-0.15, -0.1) is 0 Å². The highest BCUT2D eigenvalue weighted by Gasteiger charge is 2.22. The third-order valence-electron chi connectivity index (χ3n) is 3.50. The zero-order chi connectivity index (χ0) is 14.7. The van der Waals surface area contributed by atoms with E-state index in [0.717, 1.165) is 37.2 Å². The third kappa shape index (κ3) is 3.41. The highest BCUT2D eigenvalue weighted by Crippen LogP contribution is 2.18. The van der Waals surface area contributed by atoms with Gasteiger partial charge >= 0.3 is 6.03 Å². The Hall–Kier alpha value is -2.34. The first-order valence-corrected chi connectivity index (χ1v) is 7.02. The van der Waals surface area contributed by atoms with E-state index in [1.807, 2.05) is 24.3 Å². The number of ether oxygens (including phenoxy) is 1. The van der Waals surface area contributed by atoms with Crippen LogP contribution in [0.5, 0.6) is 5.75 Å². The van der Waals surface area contributed by atoms with Crippen LogP contribution in [0.1, 0.15) is 18.4 Å². The predicted octanol–water partition coefficient (Wildman–Crippen LogP) is 0.998. The van der Waals surface area contributed by atoms with Gasteiger partial charge in [-0.3, -0.25) is 10.1 Å². The van der Waals surface area contributed by atoms with Crippen molar-refractivity contribution in [3.63, 3.8) is 0 Å². The Balaban J connectivity index is 1.65. The van der Waals surface area contributed by atoms with Crippen molar-refractivity contribution < 1.29 is 14.3 Å². The van der Waals surface area contributed by atoms with E-state index < -0.39 is 11.9 Å². The highest BCUT2D eigenvalue weighted by atomic mass is 16.5. The molecular formula is C15H17N3O3. The van der Waals surface area contributed by atoms with Crippen molar-refractivity contribution >= 4 is 18.0 Å². The van der Waals surface area contributed by atoms with E-state index in [4.69, 9.17) is 4.74 Å². The molecule has 3 N–H and O–H groups in total. The van der Waals surface area contributed by atoms with E-state index in [0.29, 0.717) is 0 Å². The topological polar surface area (TPSA) is 79.5 Å². The summed E-state index contributed by atoms with van der Waals surface area (Å²) in [5, 5.41) is 7.92. The number of carbonyl (C=O) groups is 2. The van der Waals surface area contributed by atoms with Crippen molar-refractivity contribution in [2.45, 2.75) is 18.9 Å². The van der Waals surface area contributed by atoms with Crippen LogP contribution < -0.4 is 20.7 Å². The molecule has 21 heavy (non-hydrogen) atoms. The second kappa shape index (κ2) is 5.97. The fraction of sp³-hybridized carbons (Fsp3) is 0.333. The molecule has 2 saturated heterocycles. The van der Waals surface area contributed by atoms with E-state index in [1.54, 1.807) is 6.08 Å². The Bertz CT molecular complexity index is 574. The number of benzene rings is 1. The second-order valence-corrected chi connectivity index (χ2v) is 5.10. The van der Waals surface area contributed by atoms with Crippen LogP contribution in [0, 0.1) is 0 Å². The Kier molecular flexibility index (Phi) is 3.87. The van der Waals surface area contributed by atoms with Crippen molar-refractivity contribution in [2.75, 3.05) is 13.1 Å². The van der Waals surface area contributed by atoms with Gasteiger partial charge in [0.15, 0.2) is 0 Å². The number of imide groups is 1. The Morgan fingerprint density at radius 1 is 1.05 bits per heavy atom. The fourth-order valence-corrected chi connectivity index (χ4v) is 2.40. The van der Waals surface area contributed by atoms with E-state index in [9.17, 15) is 9.59 Å². The summed E-state index contributed by atoms with van der Waals surface area (Å²) < 4.78 is 5.91. The van der Waals surface area contributed by atoms with Crippen LogP contribution in [0.4, 0.5) is 4.79 Å². The van der Waals surface area contributed by atoms with Crippen LogP contribution in [0.25, 0.3) is 6.08 Å². The molecule has 0 aliphatic carbocycles. The molecule has 0 saturated carbocycles. The standard InChI is InChI=1S/C15H17N3O3/c19-14-13(17-15(20)18-14)9-10-1-3-11(4-2-10)21-12-5-7-16-8-6-12/h1-4,9,12,16H,5-8H2,(H2,17,18,19,20)/b13-9-. The van der Waals surface area contributed by atoms with Gasteiger partial charge in [-0.05, 0) is 49.7 Å². The lowest BCUT2D eigenvalue weighted by Crippen LogP contribution is -2.34. The minimum atomic E-state index is -0.489. The summed E-state index contributed by atoms with van der Waals surface area (Å²) in [5.74, 6) is 0.416. The number of piperidine rings is 1. The van der Waals surface area contributed by atoms with Gasteiger partial charge in [0, 0.05) is 0 Å². The highest BCUT2D eigenvalue weighted by molar-refractivity contribution is 6.13. The molecular weight excluding hydrogens is 270 g/mol. The number of amides is 3. The van der Waals surface area contributed by atoms with Gasteiger partial charge in [0.2, 0.25) is 0 Å². The molecule has 0 spiro atoms. The molecule has 1 aromatic rings. The van der Waals surface area contributed by atoms with Gasteiger partial charge < -0.3 is 15.4 Å². The molecule has 2 aliphatic heterocycles. The fourth-order valence-electron chi connectivity index (χ4n) is 2.40. The summed E-state index contributed by atoms with van der Waals surface area (Å²) >= 11 is 0. The van der Waals surface area contributed by atoms with Crippen LogP contribution >= 0.6 is 0 Å². The molecule has 0 atom stereocenters. The van der Waals surface area contributed by atoms with Crippen LogP contribution in [-0.2, 0) is 4.79 Å². The van der Waals surface area contributed by atoms with E-state index in [2.05, 4.69) is 16.0 Å². The van der Waals surface area contributed by atoms with E-state index >= 15 is 0 Å². The number of hydrogen-bond acceptors (Lipinski definition) is 4. The molecule has 0 aromatic heterocycles. The quantitative estimate of drug-likeness (QED) is 0.572. The maximum atomic E-state index is 11.4. The van der Waals surface area contributed by atoms with Crippen LogP contribution in [0.15, 0.2) is 30.0 Å². The van der Waals surface area contributed by atoms with Crippen LogP contribution in [0.3, 0.4) is 0 Å². The number of urea groups is 1. The van der Waals surface area contributed by atoms with E-state index in [1.165, 1.54) is 0 Å². The monoisotopic (exact) mass is 287 g/mol. The summed E-state index contributed by atoms with van der Waals surface area (Å²) in [6.45, 7) is 1.98. The maximum Gasteiger partial charge on any atom is 0.326 e. The second-order valence-electron chi connectivity index (χ2n) is 5.10. The lowest BCUT2D eigenvalue weighted by molar-refractivity contribution is -0.115. The van der Waals surface area contributed by atoms with Gasteiger partial charge in [-0.25, -0.2) is 4.79 Å². The first kappa shape index (κ1) is 13.6. The molecule has 3 amide bonds. The molecule has 3 rings (SSSR count). The molecule has 1 aromatic carbocycles. The number of carbonyl (C=O) groups excluding carboxylic acids is 2. The van der Waals surface area contributed by atoms with Crippen molar-refractivity contribution in [3.8, 4) is 5.75 Å². The number of hydrogen-bond donors (Lipinski definition) is 3. The molecule has 6 nitrogen and oxygen atoms in total. The van der Waals surface area contributed by atoms with Gasteiger partial charge in [0.05, 0.1) is 0 Å². The zero-order valence-corrected chi connectivity index (χ0v) is 11.5. The van der Waals surface area contributed by atoms with Crippen molar-refractivity contribution in [1.82, 2.24) is 16.0 Å². The minimum absolute atomic E-state index is 0.257. The number of rotatable bonds is 3. The van der Waals surface area contributed by atoms with Crippen LogP contribution in [0.2, 0.25) is 0 Å². The van der Waals surface area contributed by atoms with E-state index in [-0.39, 0.29) is 11.8 Å². The summed E-state index contributed by atoms with van der Waals surface area (Å²) in [4.78, 5) is 22.4. The summed E-state index contributed by atoms with van der Waals surface area (Å²) in [5.41, 5.74) is 1.09. The first-order chi connectivity index (χ1) is 10.2. The minimum Gasteiger partial charge on any atom is -0.490 e. The lowest BCUT2D eigenvalue weighted by Gasteiger charge is -2.23. The molecule has 6 heteroatoms. The molecule has 110 valence electrons. The summed E-state index contributed by atoms with van der Waals surface area (Å²) in [6.07, 6.45) is 3.92.